The van der Waals surface area contributed by atoms with Crippen molar-refractivity contribution in [1.29, 1.82) is 0 Å². The van der Waals surface area contributed by atoms with E-state index in [4.69, 9.17) is 23.8 Å². The first-order valence-corrected chi connectivity index (χ1v) is 7.56. The molecule has 1 N–H and O–H groups in total. The van der Waals surface area contributed by atoms with Crippen molar-refractivity contribution in [2.75, 3.05) is 18.4 Å². The Labute approximate surface area is 126 Å². The number of piperidine rings is 1. The van der Waals surface area contributed by atoms with E-state index in [1.54, 1.807) is 0 Å². The third-order valence-electron chi connectivity index (χ3n) is 3.60. The number of nitrogens with zero attached hydrogens (tertiary/aromatic N) is 1. The van der Waals surface area contributed by atoms with Crippen molar-refractivity contribution in [3.8, 4) is 0 Å². The smallest absolute Gasteiger partial charge is 0.173 e. The quantitative estimate of drug-likeness (QED) is 0.777. The van der Waals surface area contributed by atoms with E-state index in [1.807, 2.05) is 18.2 Å². The largest absolute Gasteiger partial charge is 0.348 e. The molecule has 2 nitrogen and oxygen atoms in total. The van der Waals surface area contributed by atoms with Gasteiger partial charge in [-0.2, -0.15) is 0 Å². The summed E-state index contributed by atoms with van der Waals surface area (Å²) in [4.78, 5) is 2.27. The average molecular weight is 297 g/mol. The van der Waals surface area contributed by atoms with E-state index in [2.05, 4.69) is 31.0 Å². The van der Waals surface area contributed by atoms with Crippen LogP contribution in [0.15, 0.2) is 18.2 Å². The highest BCUT2D eigenvalue weighted by Crippen LogP contribution is 2.24. The predicted octanol–water partition coefficient (Wildman–Crippen LogP) is 4.32. The van der Waals surface area contributed by atoms with Crippen LogP contribution in [0.1, 0.15) is 25.8 Å². The van der Waals surface area contributed by atoms with Gasteiger partial charge < -0.3 is 10.2 Å². The predicted molar refractivity (Wildman–Crippen MR) is 86.9 cm³/mol. The fraction of sp³-hybridized carbons (Fsp3) is 0.533. The Hall–Kier alpha value is -0.800. The Bertz CT molecular complexity index is 465. The van der Waals surface area contributed by atoms with Gasteiger partial charge >= 0.3 is 0 Å². The summed E-state index contributed by atoms with van der Waals surface area (Å²) in [7, 11) is 0. The van der Waals surface area contributed by atoms with Crippen molar-refractivity contribution in [2.24, 2.45) is 11.8 Å². The summed E-state index contributed by atoms with van der Waals surface area (Å²) in [5.41, 5.74) is 2.16. The zero-order valence-electron chi connectivity index (χ0n) is 11.7. The first-order valence-electron chi connectivity index (χ1n) is 6.77. The molecule has 0 bridgehead atoms. The van der Waals surface area contributed by atoms with Gasteiger partial charge in [-0.25, -0.2) is 0 Å². The van der Waals surface area contributed by atoms with Crippen molar-refractivity contribution in [3.63, 3.8) is 0 Å². The normalized spacial score (nSPS) is 23.3. The number of hydrogen-bond donors (Lipinski definition) is 1. The molecule has 0 spiro atoms. The standard InChI is InChI=1S/C15H21ClN2S/c1-10-6-11(2)9-18(8-10)15(19)17-14-7-13(16)5-4-12(14)3/h4-5,7,10-11H,6,8-9H2,1-3H3,(H,17,19). The molecule has 2 rings (SSSR count). The van der Waals surface area contributed by atoms with Gasteiger partial charge in [-0.15, -0.1) is 0 Å². The molecule has 1 aliphatic rings. The van der Waals surface area contributed by atoms with Gasteiger partial charge in [0.2, 0.25) is 0 Å². The Morgan fingerprint density at radius 3 is 2.58 bits per heavy atom. The summed E-state index contributed by atoms with van der Waals surface area (Å²) >= 11 is 11.6. The molecule has 0 amide bonds. The minimum atomic E-state index is 0.698. The van der Waals surface area contributed by atoms with Crippen molar-refractivity contribution in [2.45, 2.75) is 27.2 Å². The highest BCUT2D eigenvalue weighted by atomic mass is 35.5. The van der Waals surface area contributed by atoms with Crippen LogP contribution in [0.3, 0.4) is 0 Å². The van der Waals surface area contributed by atoms with Crippen molar-refractivity contribution in [1.82, 2.24) is 4.90 Å². The molecule has 4 heteroatoms. The number of rotatable bonds is 1. The third-order valence-corrected chi connectivity index (χ3v) is 4.19. The van der Waals surface area contributed by atoms with E-state index in [1.165, 1.54) is 6.42 Å². The zero-order chi connectivity index (χ0) is 14.0. The Morgan fingerprint density at radius 2 is 1.95 bits per heavy atom. The number of likely N-dealkylation sites (tertiary alicyclic amines) is 1. The summed E-state index contributed by atoms with van der Waals surface area (Å²) in [6.45, 7) is 8.71. The lowest BCUT2D eigenvalue weighted by Crippen LogP contribution is -2.44. The number of anilines is 1. The van der Waals surface area contributed by atoms with Gasteiger partial charge in [-0.3, -0.25) is 0 Å². The van der Waals surface area contributed by atoms with Gasteiger partial charge in [0.05, 0.1) is 0 Å². The van der Waals surface area contributed by atoms with Gasteiger partial charge in [0, 0.05) is 23.8 Å². The van der Waals surface area contributed by atoms with Crippen molar-refractivity contribution < 1.29 is 0 Å². The maximum atomic E-state index is 6.04. The number of benzene rings is 1. The van der Waals surface area contributed by atoms with Crippen LogP contribution in [0.4, 0.5) is 5.69 Å². The molecule has 19 heavy (non-hydrogen) atoms. The SMILES string of the molecule is Cc1ccc(Cl)cc1NC(=S)N1CC(C)CC(C)C1. The van der Waals surface area contributed by atoms with Crippen LogP contribution in [0.25, 0.3) is 0 Å². The topological polar surface area (TPSA) is 15.3 Å². The number of aryl methyl sites for hydroxylation is 1. The van der Waals surface area contributed by atoms with Gasteiger partial charge in [-0.05, 0) is 55.1 Å². The van der Waals surface area contributed by atoms with Crippen LogP contribution < -0.4 is 5.32 Å². The average Bonchev–Trinajstić information content (AvgIpc) is 2.32. The molecule has 1 heterocycles. The van der Waals surface area contributed by atoms with E-state index in [9.17, 15) is 0 Å². The number of nitrogens with one attached hydrogen (secondary N) is 1. The Kier molecular flexibility index (Phi) is 4.69. The maximum absolute atomic E-state index is 6.04. The lowest BCUT2D eigenvalue weighted by Gasteiger charge is -2.36. The minimum absolute atomic E-state index is 0.698. The Balaban J connectivity index is 2.06. The van der Waals surface area contributed by atoms with Crippen LogP contribution in [0.2, 0.25) is 5.02 Å². The second-order valence-corrected chi connectivity index (χ2v) is 6.56. The molecule has 1 aromatic carbocycles. The molecule has 1 saturated heterocycles. The van der Waals surface area contributed by atoms with Crippen molar-refractivity contribution >= 4 is 34.6 Å². The molecule has 0 aliphatic carbocycles. The monoisotopic (exact) mass is 296 g/mol. The Morgan fingerprint density at radius 1 is 1.32 bits per heavy atom. The maximum Gasteiger partial charge on any atom is 0.173 e. The van der Waals surface area contributed by atoms with Crippen LogP contribution in [0, 0.1) is 18.8 Å². The zero-order valence-corrected chi connectivity index (χ0v) is 13.3. The fourth-order valence-corrected chi connectivity index (χ4v) is 3.18. The summed E-state index contributed by atoms with van der Waals surface area (Å²) in [6, 6.07) is 5.84. The van der Waals surface area contributed by atoms with E-state index in [0.717, 1.165) is 34.5 Å². The first-order chi connectivity index (χ1) is 8.95. The number of thiocarbonyl (C=S) groups is 1. The molecule has 0 radical (unpaired) electrons. The highest BCUT2D eigenvalue weighted by molar-refractivity contribution is 7.80. The van der Waals surface area contributed by atoms with Crippen LogP contribution in [0.5, 0.6) is 0 Å². The van der Waals surface area contributed by atoms with E-state index >= 15 is 0 Å². The van der Waals surface area contributed by atoms with Crippen molar-refractivity contribution in [3.05, 3.63) is 28.8 Å². The second kappa shape index (κ2) is 6.10. The lowest BCUT2D eigenvalue weighted by molar-refractivity contribution is 0.216. The number of hydrogen-bond acceptors (Lipinski definition) is 1. The fourth-order valence-electron chi connectivity index (χ4n) is 2.75. The lowest BCUT2D eigenvalue weighted by atomic mass is 9.92. The highest BCUT2D eigenvalue weighted by Gasteiger charge is 2.23. The molecule has 1 aromatic rings. The molecular weight excluding hydrogens is 276 g/mol. The third kappa shape index (κ3) is 3.83. The molecule has 0 saturated carbocycles. The van der Waals surface area contributed by atoms with Gasteiger partial charge in [0.25, 0.3) is 0 Å². The summed E-state index contributed by atoms with van der Waals surface area (Å²) in [5.74, 6) is 1.40. The summed E-state index contributed by atoms with van der Waals surface area (Å²) in [5, 5.41) is 4.88. The molecule has 0 aromatic heterocycles. The molecule has 2 unspecified atom stereocenters. The molecule has 1 fully saturated rings. The first kappa shape index (κ1) is 14.6. The number of halogens is 1. The van der Waals surface area contributed by atoms with E-state index < -0.39 is 0 Å². The molecule has 1 aliphatic heterocycles. The molecule has 2 atom stereocenters. The second-order valence-electron chi connectivity index (χ2n) is 5.74. The van der Waals surface area contributed by atoms with Gasteiger partial charge in [0.15, 0.2) is 5.11 Å². The van der Waals surface area contributed by atoms with E-state index in [-0.39, 0.29) is 0 Å². The van der Waals surface area contributed by atoms with Crippen LogP contribution in [-0.4, -0.2) is 23.1 Å². The van der Waals surface area contributed by atoms with Crippen LogP contribution >= 0.6 is 23.8 Å². The van der Waals surface area contributed by atoms with Gasteiger partial charge in [-0.1, -0.05) is 31.5 Å². The summed E-state index contributed by atoms with van der Waals surface area (Å²) < 4.78 is 0. The van der Waals surface area contributed by atoms with E-state index in [0.29, 0.717) is 11.8 Å². The minimum Gasteiger partial charge on any atom is -0.348 e. The van der Waals surface area contributed by atoms with Crippen LogP contribution in [-0.2, 0) is 0 Å². The molecule has 104 valence electrons. The molecular formula is C15H21ClN2S. The van der Waals surface area contributed by atoms with Gasteiger partial charge in [0.1, 0.15) is 0 Å². The summed E-state index contributed by atoms with van der Waals surface area (Å²) in [6.07, 6.45) is 1.29.